The van der Waals surface area contributed by atoms with Gasteiger partial charge in [-0.3, -0.25) is 4.98 Å². The average Bonchev–Trinajstić information content (AvgIpc) is 2.64. The summed E-state index contributed by atoms with van der Waals surface area (Å²) in [5.74, 6) is 0.0320. The number of hydrogen-bond donors (Lipinski definition) is 2. The van der Waals surface area contributed by atoms with Crippen LogP contribution in [0.2, 0.25) is 0 Å². The Morgan fingerprint density at radius 2 is 2.08 bits per heavy atom. The monoisotopic (exact) mass is 356 g/mol. The summed E-state index contributed by atoms with van der Waals surface area (Å²) in [5.41, 5.74) is 1.78. The molecule has 138 valence electrons. The standard InChI is InChI=1S/C20H25FN4O/c1-3-15(16-8-7-11-22-14(16)2)18-23-12-17(21)19(25-18)24-13-20(26)9-5-4-6-10-20/h3,7-8,11-12,26H,4-6,9-10,13H2,1-2H3,(H,23,24,25)/b15-3+. The van der Waals surface area contributed by atoms with E-state index in [9.17, 15) is 9.50 Å². The van der Waals surface area contributed by atoms with Crippen LogP contribution in [0, 0.1) is 12.7 Å². The van der Waals surface area contributed by atoms with Crippen molar-refractivity contribution in [3.8, 4) is 0 Å². The van der Waals surface area contributed by atoms with Crippen molar-refractivity contribution in [3.05, 3.63) is 53.5 Å². The van der Waals surface area contributed by atoms with E-state index in [1.54, 1.807) is 6.20 Å². The Bertz CT molecular complexity index is 800. The second kappa shape index (κ2) is 7.91. The highest BCUT2D eigenvalue weighted by atomic mass is 19.1. The lowest BCUT2D eigenvalue weighted by molar-refractivity contribution is 0.0166. The molecular weight excluding hydrogens is 331 g/mol. The van der Waals surface area contributed by atoms with Gasteiger partial charge in [-0.15, -0.1) is 0 Å². The van der Waals surface area contributed by atoms with Gasteiger partial charge in [0, 0.05) is 29.6 Å². The third-order valence-electron chi connectivity index (χ3n) is 4.94. The van der Waals surface area contributed by atoms with Crippen LogP contribution in [0.5, 0.6) is 0 Å². The highest BCUT2D eigenvalue weighted by molar-refractivity contribution is 5.77. The number of pyridine rings is 1. The number of aliphatic hydroxyl groups is 1. The number of nitrogens with zero attached hydrogens (tertiary/aromatic N) is 3. The van der Waals surface area contributed by atoms with Crippen molar-refractivity contribution in [2.45, 2.75) is 51.6 Å². The minimum Gasteiger partial charge on any atom is -0.388 e. The summed E-state index contributed by atoms with van der Waals surface area (Å²) in [6.07, 6.45) is 9.40. The predicted octanol–water partition coefficient (Wildman–Crippen LogP) is 3.88. The van der Waals surface area contributed by atoms with Gasteiger partial charge in [0.15, 0.2) is 17.5 Å². The van der Waals surface area contributed by atoms with Crippen LogP contribution in [0.4, 0.5) is 10.2 Å². The molecule has 0 spiro atoms. The fraction of sp³-hybridized carbons (Fsp3) is 0.450. The fourth-order valence-electron chi connectivity index (χ4n) is 3.43. The topological polar surface area (TPSA) is 70.9 Å². The first-order valence-corrected chi connectivity index (χ1v) is 9.10. The Kier molecular flexibility index (Phi) is 5.61. The lowest BCUT2D eigenvalue weighted by atomic mass is 9.85. The molecule has 1 fully saturated rings. The molecule has 1 saturated carbocycles. The number of hydrogen-bond acceptors (Lipinski definition) is 5. The molecule has 2 aromatic rings. The zero-order chi connectivity index (χ0) is 18.6. The summed E-state index contributed by atoms with van der Waals surface area (Å²) in [4.78, 5) is 12.8. The van der Waals surface area contributed by atoms with E-state index in [-0.39, 0.29) is 12.4 Å². The third kappa shape index (κ3) is 4.07. The van der Waals surface area contributed by atoms with Crippen LogP contribution in [-0.4, -0.2) is 32.2 Å². The van der Waals surface area contributed by atoms with E-state index >= 15 is 0 Å². The lowest BCUT2D eigenvalue weighted by Crippen LogP contribution is -2.39. The molecule has 0 saturated heterocycles. The van der Waals surface area contributed by atoms with Crippen molar-refractivity contribution in [2.24, 2.45) is 0 Å². The molecule has 26 heavy (non-hydrogen) atoms. The van der Waals surface area contributed by atoms with E-state index in [1.165, 1.54) is 6.20 Å². The molecule has 5 nitrogen and oxygen atoms in total. The number of rotatable bonds is 5. The molecule has 2 N–H and O–H groups in total. The van der Waals surface area contributed by atoms with E-state index < -0.39 is 11.4 Å². The zero-order valence-electron chi connectivity index (χ0n) is 15.3. The van der Waals surface area contributed by atoms with Gasteiger partial charge in [0.25, 0.3) is 0 Å². The summed E-state index contributed by atoms with van der Waals surface area (Å²) >= 11 is 0. The molecule has 0 amide bonds. The normalized spacial score (nSPS) is 17.2. The van der Waals surface area contributed by atoms with Gasteiger partial charge in [0.2, 0.25) is 0 Å². The van der Waals surface area contributed by atoms with Crippen molar-refractivity contribution < 1.29 is 9.50 Å². The van der Waals surface area contributed by atoms with E-state index in [0.29, 0.717) is 5.82 Å². The largest absolute Gasteiger partial charge is 0.388 e. The van der Waals surface area contributed by atoms with Gasteiger partial charge in [-0.05, 0) is 32.8 Å². The molecule has 0 radical (unpaired) electrons. The van der Waals surface area contributed by atoms with Gasteiger partial charge in [-0.25, -0.2) is 14.4 Å². The second-order valence-corrected chi connectivity index (χ2v) is 6.87. The lowest BCUT2D eigenvalue weighted by Gasteiger charge is -2.32. The van der Waals surface area contributed by atoms with Gasteiger partial charge < -0.3 is 10.4 Å². The molecule has 0 unspecified atom stereocenters. The van der Waals surface area contributed by atoms with Crippen molar-refractivity contribution in [1.82, 2.24) is 15.0 Å². The smallest absolute Gasteiger partial charge is 0.183 e. The van der Waals surface area contributed by atoms with Gasteiger partial charge >= 0.3 is 0 Å². The Hall–Kier alpha value is -2.34. The number of anilines is 1. The maximum Gasteiger partial charge on any atom is 0.183 e. The molecular formula is C20H25FN4O. The summed E-state index contributed by atoms with van der Waals surface area (Å²) in [7, 11) is 0. The minimum atomic E-state index is -0.792. The summed E-state index contributed by atoms with van der Waals surface area (Å²) in [6.45, 7) is 4.10. The summed E-state index contributed by atoms with van der Waals surface area (Å²) in [6, 6.07) is 3.80. The van der Waals surface area contributed by atoms with Crippen molar-refractivity contribution >= 4 is 11.4 Å². The van der Waals surface area contributed by atoms with E-state index in [1.807, 2.05) is 32.1 Å². The quantitative estimate of drug-likeness (QED) is 0.851. The van der Waals surface area contributed by atoms with Crippen molar-refractivity contribution in [1.29, 1.82) is 0 Å². The van der Waals surface area contributed by atoms with Crippen LogP contribution in [0.15, 0.2) is 30.6 Å². The molecule has 0 aliphatic heterocycles. The summed E-state index contributed by atoms with van der Waals surface area (Å²) in [5, 5.41) is 13.6. The first kappa shape index (κ1) is 18.5. The average molecular weight is 356 g/mol. The maximum atomic E-state index is 14.2. The zero-order valence-corrected chi connectivity index (χ0v) is 15.3. The highest BCUT2D eigenvalue weighted by Gasteiger charge is 2.29. The number of aromatic nitrogens is 3. The maximum absolute atomic E-state index is 14.2. The third-order valence-corrected chi connectivity index (χ3v) is 4.94. The Balaban J connectivity index is 1.84. The van der Waals surface area contributed by atoms with Crippen LogP contribution in [0.1, 0.15) is 56.1 Å². The molecule has 6 heteroatoms. The Morgan fingerprint density at radius 3 is 2.77 bits per heavy atom. The Morgan fingerprint density at radius 1 is 1.31 bits per heavy atom. The molecule has 0 aromatic carbocycles. The number of nitrogens with one attached hydrogen (secondary N) is 1. The number of aryl methyl sites for hydroxylation is 1. The summed E-state index contributed by atoms with van der Waals surface area (Å²) < 4.78 is 14.2. The number of halogens is 1. The number of allylic oxidation sites excluding steroid dienone is 1. The van der Waals surface area contributed by atoms with Crippen LogP contribution < -0.4 is 5.32 Å². The van der Waals surface area contributed by atoms with E-state index in [0.717, 1.165) is 48.9 Å². The minimum absolute atomic E-state index is 0.120. The van der Waals surface area contributed by atoms with Gasteiger partial charge in [-0.1, -0.05) is 31.4 Å². The first-order valence-electron chi connectivity index (χ1n) is 9.10. The first-order chi connectivity index (χ1) is 12.5. The molecule has 1 aliphatic carbocycles. The molecule has 3 rings (SSSR count). The van der Waals surface area contributed by atoms with Crippen LogP contribution >= 0.6 is 0 Å². The van der Waals surface area contributed by atoms with Crippen LogP contribution in [0.25, 0.3) is 5.57 Å². The van der Waals surface area contributed by atoms with Crippen molar-refractivity contribution in [3.63, 3.8) is 0 Å². The molecule has 2 aromatic heterocycles. The molecule has 0 bridgehead atoms. The molecule has 1 aliphatic rings. The second-order valence-electron chi connectivity index (χ2n) is 6.87. The van der Waals surface area contributed by atoms with Gasteiger partial charge in [-0.2, -0.15) is 0 Å². The fourth-order valence-corrected chi connectivity index (χ4v) is 3.43. The van der Waals surface area contributed by atoms with E-state index in [4.69, 9.17) is 0 Å². The Labute approximate surface area is 153 Å². The highest BCUT2D eigenvalue weighted by Crippen LogP contribution is 2.29. The van der Waals surface area contributed by atoms with Gasteiger partial charge in [0.05, 0.1) is 11.8 Å². The molecule has 0 atom stereocenters. The van der Waals surface area contributed by atoms with E-state index in [2.05, 4.69) is 20.3 Å². The van der Waals surface area contributed by atoms with Crippen LogP contribution in [0.3, 0.4) is 0 Å². The molecule has 2 heterocycles. The van der Waals surface area contributed by atoms with Gasteiger partial charge in [0.1, 0.15) is 0 Å². The predicted molar refractivity (Wildman–Crippen MR) is 100 cm³/mol. The SMILES string of the molecule is C/C=C(/c1ncc(F)c(NCC2(O)CCCCC2)n1)c1cccnc1C. The van der Waals surface area contributed by atoms with Crippen molar-refractivity contribution in [2.75, 3.05) is 11.9 Å². The van der Waals surface area contributed by atoms with Crippen LogP contribution in [-0.2, 0) is 0 Å².